The van der Waals surface area contributed by atoms with Crippen LogP contribution in [0.1, 0.15) is 8.80 Å². The van der Waals surface area contributed by atoms with Crippen LogP contribution in [0.2, 0.25) is 15.7 Å². The summed E-state index contributed by atoms with van der Waals surface area (Å²) < 4.78 is 70.4. The molecule has 2 aromatic carbocycles. The van der Waals surface area contributed by atoms with E-state index in [1.165, 1.54) is 34.2 Å². The standard InChI is InChI=1S/C15H13BrClFN5OP.C11H13FN3OP.C4HBrCl2N2.CH3F.CH4/c1-25(2,24)13-5-10(23-8-9(18)6-20-23)3-4-12(13)21-14-11(16)7-19-15(17)22-14;1-17(2,16)11-5-9(3-4-10(11)13)15-7-8(12)6-14-15;5-2-1-8-4(7)9-3(2)6;1-2;/h3-8H,1-2H3,(H,19,21,22);3-7H,13H2,1-2H3;1H;1H3;1H4/i;;;1D;. The van der Waals surface area contributed by atoms with Gasteiger partial charge in [-0.05, 0) is 118 Å². The molecule has 0 aliphatic heterocycles. The lowest BCUT2D eigenvalue weighted by atomic mass is 10.2. The van der Waals surface area contributed by atoms with Gasteiger partial charge in [-0.1, -0.05) is 19.0 Å². The first-order valence-corrected chi connectivity index (χ1v) is 22.3. The van der Waals surface area contributed by atoms with Gasteiger partial charge in [0.15, 0.2) is 11.6 Å². The maximum Gasteiger partial charge on any atom is 0.224 e. The van der Waals surface area contributed by atoms with Crippen molar-refractivity contribution in [3.05, 3.63) is 110 Å². The van der Waals surface area contributed by atoms with Gasteiger partial charge in [-0.3, -0.25) is 4.39 Å². The fourth-order valence-electron chi connectivity index (χ4n) is 4.13. The Labute approximate surface area is 343 Å². The lowest BCUT2D eigenvalue weighted by molar-refractivity contribution is 0.587. The number of anilines is 3. The largest absolute Gasteiger partial charge is 0.398 e. The van der Waals surface area contributed by atoms with E-state index in [0.29, 0.717) is 53.3 Å². The number of hydrogen-bond donors (Lipinski definition) is 2. The minimum Gasteiger partial charge on any atom is -0.398 e. The Kier molecular flexibility index (Phi) is 17.2. The summed E-state index contributed by atoms with van der Waals surface area (Å²) >= 11 is 23.2. The number of nitrogens with zero attached hydrogens (tertiary/aromatic N) is 8. The number of nitrogen functional groups attached to an aromatic ring is 1. The fraction of sp³-hybridized carbons (Fsp3) is 0.188. The van der Waals surface area contributed by atoms with E-state index >= 15 is 0 Å². The zero-order valence-corrected chi connectivity index (χ0v) is 35.3. The van der Waals surface area contributed by atoms with Gasteiger partial charge in [-0.15, -0.1) is 0 Å². The third kappa shape index (κ3) is 13.5. The average molecular weight is 977 g/mol. The van der Waals surface area contributed by atoms with Crippen LogP contribution in [-0.4, -0.2) is 73.3 Å². The Bertz CT molecular complexity index is 2320. The van der Waals surface area contributed by atoms with Crippen LogP contribution < -0.4 is 21.7 Å². The summed E-state index contributed by atoms with van der Waals surface area (Å²) in [6, 6.07) is 10.2. The van der Waals surface area contributed by atoms with E-state index < -0.39 is 33.1 Å². The van der Waals surface area contributed by atoms with Crippen molar-refractivity contribution in [2.45, 2.75) is 7.43 Å². The first kappa shape index (κ1) is 45.1. The van der Waals surface area contributed by atoms with Crippen molar-refractivity contribution in [2.75, 3.05) is 44.9 Å². The van der Waals surface area contributed by atoms with E-state index in [-0.39, 0.29) is 18.0 Å². The highest BCUT2D eigenvalue weighted by Crippen LogP contribution is 2.40. The molecule has 54 heavy (non-hydrogen) atoms. The Balaban J connectivity index is 0.000000300. The molecular formula is C32H34Br2Cl3F3N10O2P2. The number of rotatable bonds is 6. The van der Waals surface area contributed by atoms with E-state index in [9.17, 15) is 22.3 Å². The molecule has 0 saturated carbocycles. The van der Waals surface area contributed by atoms with Crippen molar-refractivity contribution < 1.29 is 23.7 Å². The molecule has 0 fully saturated rings. The van der Waals surface area contributed by atoms with Gasteiger partial charge in [-0.25, -0.2) is 33.1 Å². The van der Waals surface area contributed by atoms with Gasteiger partial charge in [0, 0.05) is 28.7 Å². The van der Waals surface area contributed by atoms with Crippen LogP contribution in [0.4, 0.5) is 30.4 Å². The second-order valence-electron chi connectivity index (χ2n) is 11.1. The lowest BCUT2D eigenvalue weighted by Gasteiger charge is -2.17. The number of nitrogens with one attached hydrogen (secondary N) is 1. The highest BCUT2D eigenvalue weighted by atomic mass is 79.9. The molecule has 3 N–H and O–H groups in total. The van der Waals surface area contributed by atoms with Crippen molar-refractivity contribution in [2.24, 2.45) is 0 Å². The summed E-state index contributed by atoms with van der Waals surface area (Å²) in [6.07, 6.45) is 7.76. The first-order valence-electron chi connectivity index (χ1n) is 15.1. The highest BCUT2D eigenvalue weighted by Gasteiger charge is 2.19. The SMILES string of the molecule is C.CP(C)(=O)c1cc(-n2cc(F)cn2)ccc1N.CP(C)(=O)c1cc(-n2cc(F)cn2)ccc1Nc1nc(Cl)ncc1Br.Clc1ncc(Br)c(Cl)n1.[2H]CF. The Morgan fingerprint density at radius 3 is 1.69 bits per heavy atom. The van der Waals surface area contributed by atoms with Crippen LogP contribution in [0.5, 0.6) is 0 Å². The highest BCUT2D eigenvalue weighted by molar-refractivity contribution is 9.11. The molecule has 4 heterocycles. The van der Waals surface area contributed by atoms with Crippen molar-refractivity contribution in [3.63, 3.8) is 0 Å². The van der Waals surface area contributed by atoms with Crippen molar-refractivity contribution in [1.82, 2.24) is 39.5 Å². The number of alkyl halides is 1. The molecule has 0 spiro atoms. The minimum atomic E-state index is -2.65. The van der Waals surface area contributed by atoms with E-state index in [4.69, 9.17) is 41.9 Å². The van der Waals surface area contributed by atoms with Crippen LogP contribution in [0.3, 0.4) is 0 Å². The third-order valence-electron chi connectivity index (χ3n) is 6.43. The smallest absolute Gasteiger partial charge is 0.224 e. The summed E-state index contributed by atoms with van der Waals surface area (Å²) in [5.74, 6) is -0.411. The van der Waals surface area contributed by atoms with Crippen molar-refractivity contribution in [1.29, 1.82) is 0 Å². The van der Waals surface area contributed by atoms with E-state index in [0.717, 1.165) is 12.4 Å². The molecule has 22 heteroatoms. The monoisotopic (exact) mass is 973 g/mol. The van der Waals surface area contributed by atoms with Crippen LogP contribution >= 0.6 is 80.9 Å². The summed E-state index contributed by atoms with van der Waals surface area (Å²) in [7, 11) is -6.11. The Morgan fingerprint density at radius 2 is 1.24 bits per heavy atom. The molecule has 0 aliphatic rings. The van der Waals surface area contributed by atoms with E-state index in [2.05, 4.69) is 67.3 Å². The molecule has 0 radical (unpaired) electrons. The zero-order valence-electron chi connectivity index (χ0n) is 29.0. The summed E-state index contributed by atoms with van der Waals surface area (Å²) in [5.41, 5.74) is 8.12. The van der Waals surface area contributed by atoms with Gasteiger partial charge in [0.1, 0.15) is 25.3 Å². The van der Waals surface area contributed by atoms with E-state index in [1.807, 2.05) is 0 Å². The molecule has 0 saturated heterocycles. The van der Waals surface area contributed by atoms with Gasteiger partial charge >= 0.3 is 0 Å². The lowest BCUT2D eigenvalue weighted by Crippen LogP contribution is -2.12. The topological polar surface area (TPSA) is 159 Å². The quantitative estimate of drug-likeness (QED) is 0.0712. The molecule has 4 aromatic heterocycles. The summed E-state index contributed by atoms with van der Waals surface area (Å²) in [5, 5.41) is 12.6. The number of aromatic nitrogens is 8. The molecule has 0 bridgehead atoms. The molecule has 12 nitrogen and oxygen atoms in total. The third-order valence-corrected chi connectivity index (χ3v) is 11.5. The minimum absolute atomic E-state index is 0. The van der Waals surface area contributed by atoms with Gasteiger partial charge in [0.25, 0.3) is 0 Å². The predicted molar refractivity (Wildman–Crippen MR) is 221 cm³/mol. The van der Waals surface area contributed by atoms with Gasteiger partial charge in [-0.2, -0.15) is 15.2 Å². The molecule has 0 amide bonds. The fourth-order valence-corrected chi connectivity index (χ4v) is 7.34. The van der Waals surface area contributed by atoms with Gasteiger partial charge in [0.2, 0.25) is 10.6 Å². The molecule has 290 valence electrons. The van der Waals surface area contributed by atoms with Crippen LogP contribution in [0, 0.1) is 11.6 Å². The summed E-state index contributed by atoms with van der Waals surface area (Å²) in [6.45, 7) is 6.60. The second-order valence-corrected chi connectivity index (χ2v) is 20.2. The molecule has 0 aliphatic carbocycles. The Hall–Kier alpha value is -3.30. The molecule has 6 aromatic rings. The zero-order chi connectivity index (χ0) is 40.4. The number of nitrogens with two attached hydrogens (primary N) is 1. The maximum atomic E-state index is 13.2. The molecule has 6 rings (SSSR count). The molecule has 0 atom stereocenters. The molecular weight excluding hydrogens is 942 g/mol. The van der Waals surface area contributed by atoms with Crippen LogP contribution in [-0.2, 0) is 9.13 Å². The van der Waals surface area contributed by atoms with Crippen LogP contribution in [0.25, 0.3) is 11.4 Å². The Morgan fingerprint density at radius 1 is 0.778 bits per heavy atom. The maximum absolute atomic E-state index is 13.2. The number of benzene rings is 2. The van der Waals surface area contributed by atoms with Crippen LogP contribution in [0.15, 0.2) is 82.5 Å². The van der Waals surface area contributed by atoms with Gasteiger partial charge in [0.05, 0.1) is 59.3 Å². The van der Waals surface area contributed by atoms with Gasteiger partial charge < -0.3 is 20.2 Å². The summed E-state index contributed by atoms with van der Waals surface area (Å²) in [4.78, 5) is 15.3. The number of halogens is 8. The molecule has 0 unspecified atom stereocenters. The average Bonchev–Trinajstić information content (AvgIpc) is 3.73. The van der Waals surface area contributed by atoms with Crippen molar-refractivity contribution >= 4 is 109 Å². The number of hydrogen-bond acceptors (Lipinski definition) is 10. The van der Waals surface area contributed by atoms with Crippen molar-refractivity contribution in [3.8, 4) is 11.4 Å². The van der Waals surface area contributed by atoms with E-state index in [1.54, 1.807) is 63.1 Å². The predicted octanol–water partition coefficient (Wildman–Crippen LogP) is 9.82. The normalized spacial score (nSPS) is 11.0. The first-order chi connectivity index (χ1) is 25.2. The second kappa shape index (κ2) is 20.6.